The quantitative estimate of drug-likeness (QED) is 0.557. The summed E-state index contributed by atoms with van der Waals surface area (Å²) in [5, 5.41) is 7.50. The Hall–Kier alpha value is -3.41. The number of nitrogens with zero attached hydrogens (tertiary/aromatic N) is 1. The van der Waals surface area contributed by atoms with Gasteiger partial charge in [-0.1, -0.05) is 35.5 Å². The van der Waals surface area contributed by atoms with E-state index in [1.807, 2.05) is 36.4 Å². The molecule has 0 fully saturated rings. The van der Waals surface area contributed by atoms with E-state index in [1.54, 1.807) is 13.0 Å². The van der Waals surface area contributed by atoms with Gasteiger partial charge in [-0.3, -0.25) is 4.79 Å². The summed E-state index contributed by atoms with van der Waals surface area (Å²) in [6.07, 6.45) is 0.540. The maximum absolute atomic E-state index is 13.5. The Bertz CT molecular complexity index is 1100. The van der Waals surface area contributed by atoms with Gasteiger partial charge in [-0.05, 0) is 25.1 Å². The third-order valence-corrected chi connectivity index (χ3v) is 4.46. The number of carbonyl (C=O) groups excluding carboxylic acids is 1. The number of aromatic amines is 1. The molecule has 27 heavy (non-hydrogen) atoms. The molecule has 5 nitrogen and oxygen atoms in total. The van der Waals surface area contributed by atoms with Gasteiger partial charge in [-0.15, -0.1) is 0 Å². The van der Waals surface area contributed by atoms with Crippen molar-refractivity contribution in [1.29, 1.82) is 0 Å². The summed E-state index contributed by atoms with van der Waals surface area (Å²) < 4.78 is 18.9. The molecule has 2 heterocycles. The Kier molecular flexibility index (Phi) is 4.46. The fourth-order valence-corrected chi connectivity index (χ4v) is 3.15. The van der Waals surface area contributed by atoms with Crippen LogP contribution in [0.5, 0.6) is 0 Å². The molecular weight excluding hydrogens is 345 g/mol. The number of hydrogen-bond acceptors (Lipinski definition) is 3. The second kappa shape index (κ2) is 7.07. The predicted octanol–water partition coefficient (Wildman–Crippen LogP) is 4.24. The summed E-state index contributed by atoms with van der Waals surface area (Å²) in [6.45, 7) is 2.21. The number of aromatic nitrogens is 2. The lowest BCUT2D eigenvalue weighted by atomic mass is 10.1. The van der Waals surface area contributed by atoms with Crippen molar-refractivity contribution in [3.63, 3.8) is 0 Å². The van der Waals surface area contributed by atoms with Gasteiger partial charge in [-0.25, -0.2) is 4.39 Å². The Labute approximate surface area is 155 Å². The minimum atomic E-state index is -0.369. The van der Waals surface area contributed by atoms with Crippen LogP contribution in [0.25, 0.3) is 22.2 Å². The lowest BCUT2D eigenvalue weighted by molar-refractivity contribution is 0.0955. The molecule has 0 aliphatic heterocycles. The van der Waals surface area contributed by atoms with Gasteiger partial charge in [0.25, 0.3) is 5.91 Å². The van der Waals surface area contributed by atoms with Crippen LogP contribution in [0.1, 0.15) is 21.7 Å². The maximum Gasteiger partial charge on any atom is 0.253 e. The summed E-state index contributed by atoms with van der Waals surface area (Å²) in [5.74, 6) is 0.0857. The summed E-state index contributed by atoms with van der Waals surface area (Å²) in [6, 6.07) is 16.0. The molecule has 0 unspecified atom stereocenters. The first kappa shape index (κ1) is 17.0. The van der Waals surface area contributed by atoms with Gasteiger partial charge in [0.1, 0.15) is 5.82 Å². The molecule has 2 N–H and O–H groups in total. The first-order valence-corrected chi connectivity index (χ1v) is 8.69. The highest BCUT2D eigenvalue weighted by Gasteiger charge is 2.16. The second-order valence-corrected chi connectivity index (χ2v) is 6.37. The molecule has 4 aromatic rings. The van der Waals surface area contributed by atoms with E-state index in [-0.39, 0.29) is 11.7 Å². The average Bonchev–Trinajstić information content (AvgIpc) is 3.26. The van der Waals surface area contributed by atoms with Crippen molar-refractivity contribution < 1.29 is 13.7 Å². The van der Waals surface area contributed by atoms with Crippen LogP contribution in [0.3, 0.4) is 0 Å². The van der Waals surface area contributed by atoms with Gasteiger partial charge < -0.3 is 14.8 Å². The van der Waals surface area contributed by atoms with Crippen LogP contribution in [0, 0.1) is 12.7 Å². The molecule has 136 valence electrons. The highest BCUT2D eigenvalue weighted by atomic mass is 19.1. The number of fused-ring (bicyclic) bond motifs is 1. The molecule has 0 bridgehead atoms. The van der Waals surface area contributed by atoms with Crippen molar-refractivity contribution >= 4 is 16.8 Å². The maximum atomic E-state index is 13.5. The average molecular weight is 363 g/mol. The largest absolute Gasteiger partial charge is 0.358 e. The number of H-pyrrole nitrogens is 1. The Morgan fingerprint density at radius 2 is 2.00 bits per heavy atom. The molecule has 0 aliphatic rings. The Balaban J connectivity index is 1.43. The summed E-state index contributed by atoms with van der Waals surface area (Å²) >= 11 is 0. The molecule has 1 amide bonds. The van der Waals surface area contributed by atoms with Gasteiger partial charge in [0, 0.05) is 41.2 Å². The standard InChI is InChI=1S/C21H18FN3O2/c1-13-20(17-11-15(22)7-8-18(17)24-13)21(26)23-10-9-16-12-19(27-25-16)14-5-3-2-4-6-14/h2-8,11-12,24H,9-10H2,1H3,(H,23,26). The van der Waals surface area contributed by atoms with Crippen molar-refractivity contribution in [1.82, 2.24) is 15.5 Å². The van der Waals surface area contributed by atoms with Crippen LogP contribution < -0.4 is 5.32 Å². The third-order valence-electron chi connectivity index (χ3n) is 4.46. The van der Waals surface area contributed by atoms with E-state index >= 15 is 0 Å². The van der Waals surface area contributed by atoms with Gasteiger partial charge in [-0.2, -0.15) is 0 Å². The monoisotopic (exact) mass is 363 g/mol. The van der Waals surface area contributed by atoms with Gasteiger partial charge >= 0.3 is 0 Å². The molecule has 2 aromatic carbocycles. The van der Waals surface area contributed by atoms with Crippen molar-refractivity contribution in [3.05, 3.63) is 77.4 Å². The number of rotatable bonds is 5. The smallest absolute Gasteiger partial charge is 0.253 e. The van der Waals surface area contributed by atoms with Crippen molar-refractivity contribution in [2.75, 3.05) is 6.54 Å². The zero-order valence-electron chi connectivity index (χ0n) is 14.8. The van der Waals surface area contributed by atoms with Crippen LogP contribution in [0.15, 0.2) is 59.1 Å². The van der Waals surface area contributed by atoms with E-state index in [4.69, 9.17) is 4.52 Å². The fourth-order valence-electron chi connectivity index (χ4n) is 3.15. The molecule has 4 rings (SSSR count). The van der Waals surface area contributed by atoms with Gasteiger partial charge in [0.15, 0.2) is 5.76 Å². The number of nitrogens with one attached hydrogen (secondary N) is 2. The number of amides is 1. The SMILES string of the molecule is Cc1[nH]c2ccc(F)cc2c1C(=O)NCCc1cc(-c2ccccc2)on1. The van der Waals surface area contributed by atoms with E-state index in [9.17, 15) is 9.18 Å². The zero-order chi connectivity index (χ0) is 18.8. The molecule has 6 heteroatoms. The zero-order valence-corrected chi connectivity index (χ0v) is 14.8. The van der Waals surface area contributed by atoms with Gasteiger partial charge in [0.2, 0.25) is 0 Å². The topological polar surface area (TPSA) is 70.9 Å². The molecule has 0 aliphatic carbocycles. The van der Waals surface area contributed by atoms with Crippen LogP contribution in [-0.2, 0) is 6.42 Å². The van der Waals surface area contributed by atoms with Crippen molar-refractivity contribution in [3.8, 4) is 11.3 Å². The number of benzene rings is 2. The van der Waals surface area contributed by atoms with Crippen LogP contribution in [0.4, 0.5) is 4.39 Å². The summed E-state index contributed by atoms with van der Waals surface area (Å²) in [5.41, 5.74) is 3.63. The first-order valence-electron chi connectivity index (χ1n) is 8.69. The lowest BCUT2D eigenvalue weighted by Gasteiger charge is -2.04. The van der Waals surface area contributed by atoms with Crippen molar-refractivity contribution in [2.24, 2.45) is 0 Å². The normalized spacial score (nSPS) is 11.0. The van der Waals surface area contributed by atoms with E-state index in [0.29, 0.717) is 35.4 Å². The van der Waals surface area contributed by atoms with Crippen LogP contribution in [-0.4, -0.2) is 22.6 Å². The van der Waals surface area contributed by atoms with E-state index in [0.717, 1.165) is 16.8 Å². The Morgan fingerprint density at radius 3 is 2.81 bits per heavy atom. The van der Waals surface area contributed by atoms with Gasteiger partial charge in [0.05, 0.1) is 11.3 Å². The molecule has 0 saturated heterocycles. The predicted molar refractivity (Wildman–Crippen MR) is 101 cm³/mol. The lowest BCUT2D eigenvalue weighted by Crippen LogP contribution is -2.26. The Morgan fingerprint density at radius 1 is 1.19 bits per heavy atom. The molecule has 0 saturated carbocycles. The summed E-state index contributed by atoms with van der Waals surface area (Å²) in [4.78, 5) is 15.7. The van der Waals surface area contributed by atoms with E-state index in [1.165, 1.54) is 12.1 Å². The van der Waals surface area contributed by atoms with E-state index < -0.39 is 0 Å². The molecule has 2 aromatic heterocycles. The second-order valence-electron chi connectivity index (χ2n) is 6.37. The highest BCUT2D eigenvalue weighted by molar-refractivity contribution is 6.08. The number of halogens is 1. The number of aryl methyl sites for hydroxylation is 1. The highest BCUT2D eigenvalue weighted by Crippen LogP contribution is 2.23. The minimum Gasteiger partial charge on any atom is -0.358 e. The van der Waals surface area contributed by atoms with Crippen LogP contribution in [0.2, 0.25) is 0 Å². The van der Waals surface area contributed by atoms with E-state index in [2.05, 4.69) is 15.5 Å². The van der Waals surface area contributed by atoms with Crippen LogP contribution >= 0.6 is 0 Å². The third kappa shape index (κ3) is 3.46. The number of carbonyl (C=O) groups is 1. The fraction of sp³-hybridized carbons (Fsp3) is 0.143. The molecular formula is C21H18FN3O2. The molecule has 0 spiro atoms. The first-order chi connectivity index (χ1) is 13.1. The number of hydrogen-bond donors (Lipinski definition) is 2. The molecule has 0 radical (unpaired) electrons. The van der Waals surface area contributed by atoms with Crippen molar-refractivity contribution in [2.45, 2.75) is 13.3 Å². The molecule has 0 atom stereocenters. The summed E-state index contributed by atoms with van der Waals surface area (Å²) in [7, 11) is 0. The minimum absolute atomic E-state index is 0.240.